The third kappa shape index (κ3) is 2.88. The Bertz CT molecular complexity index is 703. The monoisotopic (exact) mass is 316 g/mol. The highest BCUT2D eigenvalue weighted by atomic mass is 16.2. The zero-order valence-electron chi connectivity index (χ0n) is 14.2. The number of aryl methyl sites for hydroxylation is 3. The van der Waals surface area contributed by atoms with Crippen molar-refractivity contribution in [1.82, 2.24) is 29.1 Å². The molecule has 0 aliphatic carbocycles. The zero-order valence-corrected chi connectivity index (χ0v) is 14.2. The van der Waals surface area contributed by atoms with Crippen LogP contribution in [0.4, 0.5) is 0 Å². The van der Waals surface area contributed by atoms with Gasteiger partial charge in [0.2, 0.25) is 0 Å². The van der Waals surface area contributed by atoms with Crippen LogP contribution in [0.2, 0.25) is 0 Å². The standard InChI is InChI=1S/C16H24N6O/c1-5-21-8-9-22(11-14(21)15-17-6-7-19(15)3)16(23)13-10-20(4)18-12(13)2/h6-7,10,14H,5,8-9,11H2,1-4H3/t14-/m0/s1. The summed E-state index contributed by atoms with van der Waals surface area (Å²) < 4.78 is 3.73. The van der Waals surface area contributed by atoms with Crippen molar-refractivity contribution >= 4 is 5.91 Å². The Morgan fingerprint density at radius 2 is 2.13 bits per heavy atom. The Hall–Kier alpha value is -2.15. The molecule has 0 bridgehead atoms. The first-order valence-electron chi connectivity index (χ1n) is 8.02. The number of likely N-dealkylation sites (N-methyl/N-ethyl adjacent to an activating group) is 1. The number of amides is 1. The lowest BCUT2D eigenvalue weighted by molar-refractivity contribution is 0.0472. The lowest BCUT2D eigenvalue weighted by atomic mass is 10.1. The van der Waals surface area contributed by atoms with Crippen molar-refractivity contribution in [3.05, 3.63) is 35.7 Å². The fourth-order valence-electron chi connectivity index (χ4n) is 3.31. The molecule has 124 valence electrons. The molecule has 2 aromatic rings. The van der Waals surface area contributed by atoms with Crippen molar-refractivity contribution in [3.63, 3.8) is 0 Å². The van der Waals surface area contributed by atoms with Crippen LogP contribution in [0.3, 0.4) is 0 Å². The molecule has 1 aliphatic rings. The van der Waals surface area contributed by atoms with Crippen molar-refractivity contribution < 1.29 is 4.79 Å². The number of hydrogen-bond acceptors (Lipinski definition) is 4. The third-order valence-corrected chi connectivity index (χ3v) is 4.58. The predicted molar refractivity (Wildman–Crippen MR) is 87.0 cm³/mol. The van der Waals surface area contributed by atoms with E-state index in [0.29, 0.717) is 12.1 Å². The summed E-state index contributed by atoms with van der Waals surface area (Å²) in [6.07, 6.45) is 5.57. The Balaban J connectivity index is 1.84. The Morgan fingerprint density at radius 3 is 2.70 bits per heavy atom. The number of nitrogens with zero attached hydrogens (tertiary/aromatic N) is 6. The van der Waals surface area contributed by atoms with Gasteiger partial charge in [-0.15, -0.1) is 0 Å². The van der Waals surface area contributed by atoms with E-state index in [4.69, 9.17) is 0 Å². The smallest absolute Gasteiger partial charge is 0.257 e. The Morgan fingerprint density at radius 1 is 1.35 bits per heavy atom. The van der Waals surface area contributed by atoms with Crippen LogP contribution in [0.25, 0.3) is 0 Å². The van der Waals surface area contributed by atoms with Crippen LogP contribution in [0.5, 0.6) is 0 Å². The fraction of sp³-hybridized carbons (Fsp3) is 0.562. The SMILES string of the molecule is CCN1CCN(C(=O)c2cn(C)nc2C)C[C@H]1c1nccn1C. The van der Waals surface area contributed by atoms with Crippen molar-refractivity contribution in [2.45, 2.75) is 19.9 Å². The highest BCUT2D eigenvalue weighted by Crippen LogP contribution is 2.25. The average molecular weight is 316 g/mol. The Kier molecular flexibility index (Phi) is 4.21. The quantitative estimate of drug-likeness (QED) is 0.847. The number of imidazole rings is 1. The first-order chi connectivity index (χ1) is 11.0. The summed E-state index contributed by atoms with van der Waals surface area (Å²) in [5.74, 6) is 1.07. The number of aromatic nitrogens is 4. The van der Waals surface area contributed by atoms with E-state index < -0.39 is 0 Å². The molecule has 1 amide bonds. The molecule has 2 aromatic heterocycles. The van der Waals surface area contributed by atoms with Gasteiger partial charge in [-0.3, -0.25) is 14.4 Å². The highest BCUT2D eigenvalue weighted by Gasteiger charge is 2.33. The molecule has 3 rings (SSSR count). The molecular weight excluding hydrogens is 292 g/mol. The lowest BCUT2D eigenvalue weighted by Gasteiger charge is -2.40. The van der Waals surface area contributed by atoms with Gasteiger partial charge in [-0.05, 0) is 13.5 Å². The van der Waals surface area contributed by atoms with Gasteiger partial charge in [0.25, 0.3) is 5.91 Å². The lowest BCUT2D eigenvalue weighted by Crippen LogP contribution is -2.51. The summed E-state index contributed by atoms with van der Waals surface area (Å²) in [6.45, 7) is 7.24. The van der Waals surface area contributed by atoms with E-state index in [9.17, 15) is 4.79 Å². The molecule has 23 heavy (non-hydrogen) atoms. The molecule has 0 saturated carbocycles. The summed E-state index contributed by atoms with van der Waals surface area (Å²) >= 11 is 0. The van der Waals surface area contributed by atoms with Crippen LogP contribution in [0.1, 0.15) is 34.8 Å². The molecule has 0 radical (unpaired) electrons. The molecular formula is C16H24N6O. The van der Waals surface area contributed by atoms with Gasteiger partial charge in [0.1, 0.15) is 5.82 Å². The van der Waals surface area contributed by atoms with Gasteiger partial charge in [0, 0.05) is 52.3 Å². The van der Waals surface area contributed by atoms with E-state index >= 15 is 0 Å². The number of hydrogen-bond donors (Lipinski definition) is 0. The largest absolute Gasteiger partial charge is 0.337 e. The van der Waals surface area contributed by atoms with Crippen LogP contribution in [0, 0.1) is 6.92 Å². The minimum atomic E-state index is 0.0607. The molecule has 0 N–H and O–H groups in total. The van der Waals surface area contributed by atoms with E-state index in [1.807, 2.05) is 42.9 Å². The van der Waals surface area contributed by atoms with Gasteiger partial charge in [0.05, 0.1) is 17.3 Å². The normalized spacial score (nSPS) is 19.3. The molecule has 0 unspecified atom stereocenters. The van der Waals surface area contributed by atoms with Crippen LogP contribution >= 0.6 is 0 Å². The van der Waals surface area contributed by atoms with Crippen LogP contribution in [-0.4, -0.2) is 61.2 Å². The molecule has 0 spiro atoms. The summed E-state index contributed by atoms with van der Waals surface area (Å²) in [5.41, 5.74) is 1.47. The van der Waals surface area contributed by atoms with Crippen molar-refractivity contribution in [2.75, 3.05) is 26.2 Å². The highest BCUT2D eigenvalue weighted by molar-refractivity contribution is 5.95. The molecule has 7 heteroatoms. The van der Waals surface area contributed by atoms with Crippen LogP contribution < -0.4 is 0 Å². The van der Waals surface area contributed by atoms with Gasteiger partial charge in [0.15, 0.2) is 0 Å². The van der Waals surface area contributed by atoms with Gasteiger partial charge < -0.3 is 9.47 Å². The third-order valence-electron chi connectivity index (χ3n) is 4.58. The van der Waals surface area contributed by atoms with E-state index in [1.54, 1.807) is 10.9 Å². The second-order valence-corrected chi connectivity index (χ2v) is 6.09. The van der Waals surface area contributed by atoms with Gasteiger partial charge in [-0.1, -0.05) is 6.92 Å². The summed E-state index contributed by atoms with van der Waals surface area (Å²) in [5, 5.41) is 4.28. The maximum Gasteiger partial charge on any atom is 0.257 e. The van der Waals surface area contributed by atoms with Gasteiger partial charge in [-0.2, -0.15) is 5.10 Å². The van der Waals surface area contributed by atoms with E-state index in [1.165, 1.54) is 0 Å². The molecule has 1 atom stereocenters. The minimum absolute atomic E-state index is 0.0607. The molecule has 1 fully saturated rings. The maximum atomic E-state index is 12.9. The molecule has 1 aliphatic heterocycles. The molecule has 7 nitrogen and oxygen atoms in total. The second-order valence-electron chi connectivity index (χ2n) is 6.09. The number of carbonyl (C=O) groups is 1. The van der Waals surface area contributed by atoms with Crippen LogP contribution in [0.15, 0.2) is 18.6 Å². The van der Waals surface area contributed by atoms with E-state index in [2.05, 4.69) is 21.9 Å². The molecule has 3 heterocycles. The number of carbonyl (C=O) groups excluding carboxylic acids is 1. The van der Waals surface area contributed by atoms with Crippen molar-refractivity contribution in [2.24, 2.45) is 14.1 Å². The van der Waals surface area contributed by atoms with E-state index in [-0.39, 0.29) is 11.9 Å². The summed E-state index contributed by atoms with van der Waals surface area (Å²) in [6, 6.07) is 0.134. The predicted octanol–water partition coefficient (Wildman–Crippen LogP) is 0.981. The molecule has 0 aromatic carbocycles. The summed E-state index contributed by atoms with van der Waals surface area (Å²) in [4.78, 5) is 21.7. The van der Waals surface area contributed by atoms with Crippen molar-refractivity contribution in [3.8, 4) is 0 Å². The Labute approximate surface area is 136 Å². The zero-order chi connectivity index (χ0) is 16.6. The fourth-order valence-corrected chi connectivity index (χ4v) is 3.31. The van der Waals surface area contributed by atoms with Gasteiger partial charge in [-0.25, -0.2) is 4.98 Å². The molecule has 1 saturated heterocycles. The number of piperazine rings is 1. The summed E-state index contributed by atoms with van der Waals surface area (Å²) in [7, 11) is 3.84. The maximum absolute atomic E-state index is 12.9. The van der Waals surface area contributed by atoms with E-state index in [0.717, 1.165) is 31.2 Å². The first kappa shape index (κ1) is 15.7. The number of rotatable bonds is 3. The topological polar surface area (TPSA) is 59.2 Å². The minimum Gasteiger partial charge on any atom is -0.337 e. The van der Waals surface area contributed by atoms with Crippen molar-refractivity contribution in [1.29, 1.82) is 0 Å². The first-order valence-corrected chi connectivity index (χ1v) is 8.02. The average Bonchev–Trinajstić information content (AvgIpc) is 3.11. The second kappa shape index (κ2) is 6.16. The van der Waals surface area contributed by atoms with Gasteiger partial charge >= 0.3 is 0 Å². The van der Waals surface area contributed by atoms with Crippen LogP contribution in [-0.2, 0) is 14.1 Å².